The third-order valence-corrected chi connectivity index (χ3v) is 3.18. The molecule has 0 aliphatic carbocycles. The van der Waals surface area contributed by atoms with Gasteiger partial charge in [0.15, 0.2) is 5.82 Å². The summed E-state index contributed by atoms with van der Waals surface area (Å²) >= 11 is 0. The van der Waals surface area contributed by atoms with Gasteiger partial charge in [0.1, 0.15) is 6.07 Å². The van der Waals surface area contributed by atoms with Crippen LogP contribution in [0.2, 0.25) is 0 Å². The molecule has 1 atom stereocenters. The van der Waals surface area contributed by atoms with Crippen LogP contribution in [0.3, 0.4) is 0 Å². The molecule has 5 heteroatoms. The van der Waals surface area contributed by atoms with E-state index < -0.39 is 6.10 Å². The van der Waals surface area contributed by atoms with E-state index in [1.165, 1.54) is 6.20 Å². The molecule has 0 spiro atoms. The van der Waals surface area contributed by atoms with Gasteiger partial charge in [-0.1, -0.05) is 26.7 Å². The molecule has 0 fully saturated rings. The van der Waals surface area contributed by atoms with E-state index in [0.717, 1.165) is 12.8 Å². The van der Waals surface area contributed by atoms with Crippen molar-refractivity contribution in [3.8, 4) is 6.07 Å². The molecular weight excluding hydrogens is 228 g/mol. The number of aromatic nitrogens is 1. The zero-order valence-corrected chi connectivity index (χ0v) is 10.8. The molecule has 0 bridgehead atoms. The highest BCUT2D eigenvalue weighted by Crippen LogP contribution is 2.20. The number of nitrogens with two attached hydrogens (primary N) is 1. The first kappa shape index (κ1) is 14.3. The van der Waals surface area contributed by atoms with Gasteiger partial charge in [0, 0.05) is 12.7 Å². The number of aliphatic hydroxyl groups is 1. The maximum Gasteiger partial charge on any atom is 0.150 e. The van der Waals surface area contributed by atoms with E-state index in [9.17, 15) is 5.11 Å². The number of nitrogens with zero attached hydrogens (tertiary/aromatic N) is 2. The zero-order chi connectivity index (χ0) is 13.5. The van der Waals surface area contributed by atoms with E-state index in [-0.39, 0.29) is 5.92 Å². The van der Waals surface area contributed by atoms with E-state index >= 15 is 0 Å². The second-order valence-corrected chi connectivity index (χ2v) is 4.26. The number of nitrogens with one attached hydrogen (secondary N) is 1. The Bertz CT molecular complexity index is 423. The molecule has 18 heavy (non-hydrogen) atoms. The first-order valence-electron chi connectivity index (χ1n) is 6.20. The highest BCUT2D eigenvalue weighted by molar-refractivity contribution is 5.68. The van der Waals surface area contributed by atoms with Crippen molar-refractivity contribution < 1.29 is 5.11 Å². The van der Waals surface area contributed by atoms with Crippen molar-refractivity contribution in [2.24, 2.45) is 5.92 Å². The molecule has 0 amide bonds. The lowest BCUT2D eigenvalue weighted by molar-refractivity contribution is 0.114. The second kappa shape index (κ2) is 6.82. The van der Waals surface area contributed by atoms with Crippen molar-refractivity contribution >= 4 is 11.5 Å². The fourth-order valence-corrected chi connectivity index (χ4v) is 1.91. The van der Waals surface area contributed by atoms with E-state index in [2.05, 4.69) is 24.1 Å². The molecule has 0 aromatic carbocycles. The largest absolute Gasteiger partial charge is 0.395 e. The molecule has 1 aromatic rings. The minimum absolute atomic E-state index is 0.262. The van der Waals surface area contributed by atoms with Gasteiger partial charge in [-0.2, -0.15) is 5.26 Å². The van der Waals surface area contributed by atoms with E-state index in [4.69, 9.17) is 11.0 Å². The maximum absolute atomic E-state index is 9.99. The maximum atomic E-state index is 9.99. The molecule has 1 rings (SSSR count). The Hall–Kier alpha value is -1.80. The number of pyridine rings is 1. The molecule has 1 heterocycles. The Morgan fingerprint density at radius 2 is 2.17 bits per heavy atom. The van der Waals surface area contributed by atoms with Crippen LogP contribution in [0.5, 0.6) is 0 Å². The summed E-state index contributed by atoms with van der Waals surface area (Å²) in [5.74, 6) is 0.719. The average Bonchev–Trinajstić information content (AvgIpc) is 2.39. The van der Waals surface area contributed by atoms with Gasteiger partial charge in [-0.25, -0.2) is 4.98 Å². The van der Waals surface area contributed by atoms with Crippen molar-refractivity contribution in [3.05, 3.63) is 17.8 Å². The number of aliphatic hydroxyl groups excluding tert-OH is 1. The van der Waals surface area contributed by atoms with Gasteiger partial charge in [0.05, 0.1) is 17.4 Å². The van der Waals surface area contributed by atoms with Crippen LogP contribution >= 0.6 is 0 Å². The SMILES string of the molecule is CCC(CC)C(O)CNc1nccc(C#N)c1N. The molecule has 0 saturated heterocycles. The van der Waals surface area contributed by atoms with Crippen LogP contribution in [-0.2, 0) is 0 Å². The number of anilines is 2. The van der Waals surface area contributed by atoms with Gasteiger partial charge in [0.2, 0.25) is 0 Å². The third kappa shape index (κ3) is 3.34. The molecule has 4 N–H and O–H groups in total. The van der Waals surface area contributed by atoms with Gasteiger partial charge in [-0.15, -0.1) is 0 Å². The molecule has 0 radical (unpaired) electrons. The summed E-state index contributed by atoms with van der Waals surface area (Å²) in [5, 5.41) is 21.8. The summed E-state index contributed by atoms with van der Waals surface area (Å²) in [7, 11) is 0. The number of nitriles is 1. The van der Waals surface area contributed by atoms with Crippen molar-refractivity contribution in [2.75, 3.05) is 17.6 Å². The number of hydrogen-bond donors (Lipinski definition) is 3. The van der Waals surface area contributed by atoms with Gasteiger partial charge < -0.3 is 16.2 Å². The number of hydrogen-bond acceptors (Lipinski definition) is 5. The summed E-state index contributed by atoms with van der Waals surface area (Å²) in [5.41, 5.74) is 6.52. The Morgan fingerprint density at radius 1 is 1.50 bits per heavy atom. The lowest BCUT2D eigenvalue weighted by atomic mass is 9.96. The molecular formula is C13H20N4O. The Labute approximate surface area is 108 Å². The fourth-order valence-electron chi connectivity index (χ4n) is 1.91. The van der Waals surface area contributed by atoms with Gasteiger partial charge in [-0.05, 0) is 12.0 Å². The Morgan fingerprint density at radius 3 is 2.72 bits per heavy atom. The normalized spacial score (nSPS) is 12.2. The van der Waals surface area contributed by atoms with Gasteiger partial charge in [-0.3, -0.25) is 0 Å². The summed E-state index contributed by atoms with van der Waals surface area (Å²) in [4.78, 5) is 4.07. The lowest BCUT2D eigenvalue weighted by Crippen LogP contribution is -2.28. The fraction of sp³-hybridized carbons (Fsp3) is 0.538. The van der Waals surface area contributed by atoms with Crippen LogP contribution < -0.4 is 11.1 Å². The zero-order valence-electron chi connectivity index (χ0n) is 10.8. The van der Waals surface area contributed by atoms with Crippen LogP contribution in [0.15, 0.2) is 12.3 Å². The van der Waals surface area contributed by atoms with E-state index in [1.54, 1.807) is 6.07 Å². The summed E-state index contributed by atoms with van der Waals surface area (Å²) in [6, 6.07) is 3.57. The molecule has 5 nitrogen and oxygen atoms in total. The van der Waals surface area contributed by atoms with Crippen molar-refractivity contribution in [1.82, 2.24) is 4.98 Å². The Kier molecular flexibility index (Phi) is 5.40. The lowest BCUT2D eigenvalue weighted by Gasteiger charge is -2.21. The molecule has 0 aliphatic heterocycles. The van der Waals surface area contributed by atoms with Gasteiger partial charge in [0.25, 0.3) is 0 Å². The molecule has 0 saturated carbocycles. The predicted octanol–water partition coefficient (Wildman–Crippen LogP) is 1.74. The highest BCUT2D eigenvalue weighted by atomic mass is 16.3. The van der Waals surface area contributed by atoms with Crippen molar-refractivity contribution in [3.63, 3.8) is 0 Å². The monoisotopic (exact) mass is 248 g/mol. The standard InChI is InChI=1S/C13H20N4O/c1-3-9(4-2)11(18)8-17-13-12(15)10(7-14)5-6-16-13/h5-6,9,11,18H,3-4,8,15H2,1-2H3,(H,16,17). The van der Waals surface area contributed by atoms with Crippen LogP contribution in [0.4, 0.5) is 11.5 Å². The number of rotatable bonds is 6. The second-order valence-electron chi connectivity index (χ2n) is 4.26. The summed E-state index contributed by atoms with van der Waals surface area (Å²) in [6.07, 6.45) is 2.95. The highest BCUT2D eigenvalue weighted by Gasteiger charge is 2.16. The minimum Gasteiger partial charge on any atom is -0.395 e. The third-order valence-electron chi connectivity index (χ3n) is 3.18. The predicted molar refractivity (Wildman–Crippen MR) is 71.9 cm³/mol. The topological polar surface area (TPSA) is 95.0 Å². The molecule has 98 valence electrons. The van der Waals surface area contributed by atoms with Crippen LogP contribution in [0, 0.1) is 17.2 Å². The number of nitrogen functional groups attached to an aromatic ring is 1. The van der Waals surface area contributed by atoms with Gasteiger partial charge >= 0.3 is 0 Å². The minimum atomic E-state index is -0.438. The molecule has 1 aromatic heterocycles. The Balaban J connectivity index is 2.67. The van der Waals surface area contributed by atoms with Crippen LogP contribution in [0.1, 0.15) is 32.3 Å². The first-order valence-corrected chi connectivity index (χ1v) is 6.20. The average molecular weight is 248 g/mol. The van der Waals surface area contributed by atoms with E-state index in [0.29, 0.717) is 23.6 Å². The molecule has 1 unspecified atom stereocenters. The van der Waals surface area contributed by atoms with E-state index in [1.807, 2.05) is 6.07 Å². The van der Waals surface area contributed by atoms with Crippen molar-refractivity contribution in [2.45, 2.75) is 32.8 Å². The summed E-state index contributed by atoms with van der Waals surface area (Å²) in [6.45, 7) is 4.50. The van der Waals surface area contributed by atoms with Crippen LogP contribution in [0.25, 0.3) is 0 Å². The summed E-state index contributed by atoms with van der Waals surface area (Å²) < 4.78 is 0. The smallest absolute Gasteiger partial charge is 0.150 e. The molecule has 0 aliphatic rings. The quantitative estimate of drug-likeness (QED) is 0.712. The first-order chi connectivity index (χ1) is 8.63. The van der Waals surface area contributed by atoms with Crippen molar-refractivity contribution in [1.29, 1.82) is 5.26 Å². The van der Waals surface area contributed by atoms with Crippen LogP contribution in [-0.4, -0.2) is 22.7 Å².